The van der Waals surface area contributed by atoms with Crippen LogP contribution in [0.4, 0.5) is 5.69 Å². The molecule has 0 bridgehead atoms. The highest BCUT2D eigenvalue weighted by Crippen LogP contribution is 2.25. The summed E-state index contributed by atoms with van der Waals surface area (Å²) in [5.41, 5.74) is 3.75. The lowest BCUT2D eigenvalue weighted by molar-refractivity contribution is -0.131. The van der Waals surface area contributed by atoms with E-state index in [0.717, 1.165) is 28.6 Å². The lowest BCUT2D eigenvalue weighted by atomic mass is 10.1. The number of unbranched alkanes of at least 4 members (excludes halogenated alkanes) is 1. The van der Waals surface area contributed by atoms with Gasteiger partial charge in [0.1, 0.15) is 17.4 Å². The summed E-state index contributed by atoms with van der Waals surface area (Å²) in [6.07, 6.45) is 3.57. The van der Waals surface area contributed by atoms with Crippen molar-refractivity contribution in [1.29, 1.82) is 0 Å². The lowest BCUT2D eigenvalue weighted by Gasteiger charge is -2.11. The topological polar surface area (TPSA) is 89.0 Å². The van der Waals surface area contributed by atoms with Gasteiger partial charge in [-0.2, -0.15) is 5.10 Å². The monoisotopic (exact) mass is 475 g/mol. The molecule has 0 saturated carbocycles. The molecule has 7 nitrogen and oxygen atoms in total. The Kier molecular flexibility index (Phi) is 9.34. The molecule has 0 aliphatic heterocycles. The van der Waals surface area contributed by atoms with Crippen LogP contribution in [0.1, 0.15) is 32.3 Å². The number of ether oxygens (including phenoxy) is 2. The molecule has 1 atom stereocenters. The first-order valence-electron chi connectivity index (χ1n) is 9.64. The lowest BCUT2D eigenvalue weighted by Crippen LogP contribution is -2.34. The summed E-state index contributed by atoms with van der Waals surface area (Å²) >= 11 is 3.47. The van der Waals surface area contributed by atoms with Crippen molar-refractivity contribution in [1.82, 2.24) is 5.43 Å². The zero-order chi connectivity index (χ0) is 21.9. The molecule has 30 heavy (non-hydrogen) atoms. The number of amides is 2. The highest BCUT2D eigenvalue weighted by atomic mass is 79.9. The molecule has 2 amide bonds. The molecule has 0 aliphatic carbocycles. The van der Waals surface area contributed by atoms with Gasteiger partial charge in [0.05, 0.1) is 24.4 Å². The van der Waals surface area contributed by atoms with Crippen LogP contribution < -0.4 is 20.2 Å². The van der Waals surface area contributed by atoms with Gasteiger partial charge in [-0.05, 0) is 77.3 Å². The summed E-state index contributed by atoms with van der Waals surface area (Å²) in [6, 6.07) is 12.4. The zero-order valence-corrected chi connectivity index (χ0v) is 18.9. The molecule has 8 heteroatoms. The van der Waals surface area contributed by atoms with Gasteiger partial charge in [0.25, 0.3) is 5.91 Å². The van der Waals surface area contributed by atoms with Crippen LogP contribution in [0.15, 0.2) is 52.0 Å². The third-order valence-electron chi connectivity index (χ3n) is 4.24. The van der Waals surface area contributed by atoms with Crippen LogP contribution in [0.25, 0.3) is 0 Å². The molecule has 0 fully saturated rings. The largest absolute Gasteiger partial charge is 0.497 e. The Labute approximate surface area is 185 Å². The Balaban J connectivity index is 1.86. The van der Waals surface area contributed by atoms with Crippen LogP contribution in [0.3, 0.4) is 0 Å². The van der Waals surface area contributed by atoms with E-state index in [2.05, 4.69) is 38.7 Å². The van der Waals surface area contributed by atoms with Gasteiger partial charge in [-0.1, -0.05) is 13.3 Å². The maximum Gasteiger partial charge on any atom is 0.252 e. The maximum atomic E-state index is 12.3. The van der Waals surface area contributed by atoms with Crippen molar-refractivity contribution in [2.75, 3.05) is 19.0 Å². The van der Waals surface area contributed by atoms with Crippen molar-refractivity contribution in [3.63, 3.8) is 0 Å². The first-order valence-corrected chi connectivity index (χ1v) is 10.4. The average molecular weight is 476 g/mol. The predicted octanol–water partition coefficient (Wildman–Crippen LogP) is 4.36. The fourth-order valence-electron chi connectivity index (χ4n) is 2.35. The van der Waals surface area contributed by atoms with Crippen LogP contribution in [0.5, 0.6) is 11.5 Å². The SMILES string of the molecule is CCCCOc1ccc(C=NNC(=O)C(C)C(=O)Nc2ccc(OC)cc2)cc1Br. The number of hydrogen-bond donors (Lipinski definition) is 2. The van der Waals surface area contributed by atoms with Crippen LogP contribution >= 0.6 is 15.9 Å². The molecule has 0 heterocycles. The second-order valence-corrected chi connectivity index (χ2v) is 7.42. The second kappa shape index (κ2) is 12.0. The van der Waals surface area contributed by atoms with Gasteiger partial charge in [-0.25, -0.2) is 5.43 Å². The van der Waals surface area contributed by atoms with E-state index in [4.69, 9.17) is 9.47 Å². The van der Waals surface area contributed by atoms with E-state index in [1.165, 1.54) is 13.1 Å². The number of benzene rings is 2. The van der Waals surface area contributed by atoms with Crippen molar-refractivity contribution >= 4 is 39.6 Å². The van der Waals surface area contributed by atoms with Gasteiger partial charge in [0.2, 0.25) is 5.91 Å². The summed E-state index contributed by atoms with van der Waals surface area (Å²) in [7, 11) is 1.56. The van der Waals surface area contributed by atoms with Crippen LogP contribution in [0.2, 0.25) is 0 Å². The normalized spacial score (nSPS) is 11.7. The molecule has 0 saturated heterocycles. The molecule has 0 spiro atoms. The van der Waals surface area contributed by atoms with Crippen molar-refractivity contribution in [3.8, 4) is 11.5 Å². The zero-order valence-electron chi connectivity index (χ0n) is 17.3. The first kappa shape index (κ1) is 23.4. The Morgan fingerprint density at radius 2 is 1.90 bits per heavy atom. The standard InChI is InChI=1S/C22H26BrN3O4/c1-4-5-12-30-20-11-6-16(13-19(20)23)14-24-26-22(28)15(2)21(27)25-17-7-9-18(29-3)10-8-17/h6-11,13-15H,4-5,12H2,1-3H3,(H,25,27)(H,26,28). The molecule has 0 aliphatic rings. The van der Waals surface area contributed by atoms with Gasteiger partial charge in [0, 0.05) is 5.69 Å². The number of halogens is 1. The molecule has 1 unspecified atom stereocenters. The van der Waals surface area contributed by atoms with E-state index in [1.54, 1.807) is 31.4 Å². The number of nitrogens with one attached hydrogen (secondary N) is 2. The molecular weight excluding hydrogens is 450 g/mol. The summed E-state index contributed by atoms with van der Waals surface area (Å²) in [4.78, 5) is 24.5. The highest BCUT2D eigenvalue weighted by molar-refractivity contribution is 9.10. The average Bonchev–Trinajstić information content (AvgIpc) is 2.75. The molecule has 2 aromatic carbocycles. The van der Waals surface area contributed by atoms with E-state index >= 15 is 0 Å². The van der Waals surface area contributed by atoms with E-state index in [0.29, 0.717) is 18.0 Å². The van der Waals surface area contributed by atoms with Crippen molar-refractivity contribution < 1.29 is 19.1 Å². The number of methoxy groups -OCH3 is 1. The molecule has 2 rings (SSSR count). The third-order valence-corrected chi connectivity index (χ3v) is 4.86. The van der Waals surface area contributed by atoms with E-state index in [9.17, 15) is 9.59 Å². The smallest absolute Gasteiger partial charge is 0.252 e. The maximum absolute atomic E-state index is 12.3. The molecule has 0 aromatic heterocycles. The van der Waals surface area contributed by atoms with Crippen LogP contribution in [0, 0.1) is 5.92 Å². The Bertz CT molecular complexity index is 884. The van der Waals surface area contributed by atoms with Gasteiger partial charge < -0.3 is 14.8 Å². The minimum absolute atomic E-state index is 0.427. The van der Waals surface area contributed by atoms with E-state index < -0.39 is 17.7 Å². The first-order chi connectivity index (χ1) is 14.4. The summed E-state index contributed by atoms with van der Waals surface area (Å²) in [5.74, 6) is -0.404. The molecule has 0 radical (unpaired) electrons. The number of nitrogens with zero attached hydrogens (tertiary/aromatic N) is 1. The van der Waals surface area contributed by atoms with Gasteiger partial charge in [-0.15, -0.1) is 0 Å². The number of carbonyl (C=O) groups excluding carboxylic acids is 2. The van der Waals surface area contributed by atoms with Crippen LogP contribution in [-0.4, -0.2) is 31.7 Å². The summed E-state index contributed by atoms with van der Waals surface area (Å²) < 4.78 is 11.6. The van der Waals surface area contributed by atoms with E-state index in [-0.39, 0.29) is 0 Å². The van der Waals surface area contributed by atoms with Crippen molar-refractivity contribution in [3.05, 3.63) is 52.5 Å². The van der Waals surface area contributed by atoms with E-state index in [1.807, 2.05) is 18.2 Å². The number of hydrogen-bond acceptors (Lipinski definition) is 5. The van der Waals surface area contributed by atoms with Gasteiger partial charge in [-0.3, -0.25) is 9.59 Å². The molecular formula is C22H26BrN3O4. The quantitative estimate of drug-likeness (QED) is 0.231. The fraction of sp³-hybridized carbons (Fsp3) is 0.318. The molecule has 160 valence electrons. The van der Waals surface area contributed by atoms with Gasteiger partial charge >= 0.3 is 0 Å². The number of rotatable bonds is 10. The Hall–Kier alpha value is -2.87. The number of carbonyl (C=O) groups is 2. The Morgan fingerprint density at radius 1 is 1.17 bits per heavy atom. The molecule has 2 N–H and O–H groups in total. The predicted molar refractivity (Wildman–Crippen MR) is 121 cm³/mol. The minimum atomic E-state index is -0.912. The number of hydrazone groups is 1. The fourth-order valence-corrected chi connectivity index (χ4v) is 2.86. The summed E-state index contributed by atoms with van der Waals surface area (Å²) in [6.45, 7) is 4.29. The minimum Gasteiger partial charge on any atom is -0.497 e. The highest BCUT2D eigenvalue weighted by Gasteiger charge is 2.21. The second-order valence-electron chi connectivity index (χ2n) is 6.57. The summed E-state index contributed by atoms with van der Waals surface area (Å²) in [5, 5.41) is 6.63. The Morgan fingerprint density at radius 3 is 2.53 bits per heavy atom. The van der Waals surface area contributed by atoms with Crippen molar-refractivity contribution in [2.45, 2.75) is 26.7 Å². The van der Waals surface area contributed by atoms with Crippen molar-refractivity contribution in [2.24, 2.45) is 11.0 Å². The van der Waals surface area contributed by atoms with Gasteiger partial charge in [0.15, 0.2) is 0 Å². The third kappa shape index (κ3) is 7.18. The number of anilines is 1. The van der Waals surface area contributed by atoms with Crippen LogP contribution in [-0.2, 0) is 9.59 Å². The molecule has 2 aromatic rings.